The summed E-state index contributed by atoms with van der Waals surface area (Å²) in [4.78, 5) is 31.3. The maximum Gasteiger partial charge on any atom is 0.318 e. The molecule has 0 aliphatic rings. The molecule has 0 saturated carbocycles. The van der Waals surface area contributed by atoms with E-state index in [0.29, 0.717) is 12.1 Å². The van der Waals surface area contributed by atoms with Crippen molar-refractivity contribution in [3.05, 3.63) is 39.4 Å². The molecule has 0 unspecified atom stereocenters. The second kappa shape index (κ2) is 6.11. The van der Waals surface area contributed by atoms with Crippen molar-refractivity contribution in [2.45, 2.75) is 5.92 Å². The molecule has 1 atom stereocenters. The van der Waals surface area contributed by atoms with Gasteiger partial charge in [-0.05, 0) is 0 Å². The number of hydrogen-bond donors (Lipinski definition) is 3. The van der Waals surface area contributed by atoms with Gasteiger partial charge in [-0.25, -0.2) is 8.78 Å². The highest BCUT2D eigenvalue weighted by atomic mass is 19.1. The lowest BCUT2D eigenvalue weighted by atomic mass is 9.85. The van der Waals surface area contributed by atoms with Crippen molar-refractivity contribution in [3.8, 4) is 5.75 Å². The third-order valence-electron chi connectivity index (χ3n) is 2.71. The van der Waals surface area contributed by atoms with E-state index in [0.717, 1.165) is 0 Å². The van der Waals surface area contributed by atoms with Crippen molar-refractivity contribution in [2.75, 3.05) is 6.54 Å². The lowest BCUT2D eigenvalue weighted by Crippen LogP contribution is -2.34. The SMILES string of the molecule is O=C(O)C(C(=O)O)[C@@H](C[N+](=O)[O-])c1c(F)cc(O)cc1F. The van der Waals surface area contributed by atoms with Crippen LogP contribution in [0.1, 0.15) is 11.5 Å². The first kappa shape index (κ1) is 16.3. The third kappa shape index (κ3) is 3.61. The van der Waals surface area contributed by atoms with Gasteiger partial charge in [0.1, 0.15) is 17.4 Å². The maximum atomic E-state index is 13.7. The van der Waals surface area contributed by atoms with Crippen LogP contribution in [-0.2, 0) is 9.59 Å². The molecule has 1 aromatic rings. The standard InChI is InChI=1S/C11H9F2NO7/c12-6-1-4(15)2-7(13)8(6)5(3-14(20)21)9(10(16)17)11(18)19/h1-2,5,9,15H,3H2,(H,16,17)(H,18,19)/t5-/m0/s1. The van der Waals surface area contributed by atoms with Crippen LogP contribution in [-0.4, -0.2) is 38.7 Å². The second-order valence-corrected chi connectivity index (χ2v) is 4.10. The number of hydrogen-bond acceptors (Lipinski definition) is 5. The number of carboxylic acid groups (broad SMARTS) is 2. The number of nitrogens with zero attached hydrogens (tertiary/aromatic N) is 1. The summed E-state index contributed by atoms with van der Waals surface area (Å²) in [6.07, 6.45) is 0. The number of phenolic OH excluding ortho intramolecular Hbond substituents is 1. The van der Waals surface area contributed by atoms with E-state index in [2.05, 4.69) is 0 Å². The molecule has 0 saturated heterocycles. The Morgan fingerprint density at radius 1 is 1.19 bits per heavy atom. The van der Waals surface area contributed by atoms with Crippen LogP contribution < -0.4 is 0 Å². The Morgan fingerprint density at radius 3 is 1.95 bits per heavy atom. The van der Waals surface area contributed by atoms with Crippen LogP contribution in [0.5, 0.6) is 5.75 Å². The van der Waals surface area contributed by atoms with Crippen molar-refractivity contribution in [3.63, 3.8) is 0 Å². The van der Waals surface area contributed by atoms with Gasteiger partial charge < -0.3 is 15.3 Å². The molecule has 114 valence electrons. The minimum absolute atomic E-state index is 0.409. The van der Waals surface area contributed by atoms with Crippen LogP contribution in [0.25, 0.3) is 0 Å². The summed E-state index contributed by atoms with van der Waals surface area (Å²) in [5.74, 6) is -12.2. The van der Waals surface area contributed by atoms with Gasteiger partial charge >= 0.3 is 11.9 Å². The molecule has 0 aromatic heterocycles. The highest BCUT2D eigenvalue weighted by Crippen LogP contribution is 2.32. The van der Waals surface area contributed by atoms with Crippen LogP contribution in [0.15, 0.2) is 12.1 Å². The normalized spacial score (nSPS) is 12.1. The molecule has 0 bridgehead atoms. The van der Waals surface area contributed by atoms with Crippen LogP contribution in [0.2, 0.25) is 0 Å². The van der Waals surface area contributed by atoms with Gasteiger partial charge in [0.05, 0.1) is 5.92 Å². The van der Waals surface area contributed by atoms with E-state index in [4.69, 9.17) is 15.3 Å². The van der Waals surface area contributed by atoms with Crippen LogP contribution in [0.4, 0.5) is 8.78 Å². The predicted molar refractivity (Wildman–Crippen MR) is 61.4 cm³/mol. The molecule has 0 radical (unpaired) electrons. The molecule has 10 heteroatoms. The molecule has 0 aliphatic heterocycles. The number of halogens is 2. The summed E-state index contributed by atoms with van der Waals surface area (Å²) in [7, 11) is 0. The molecule has 3 N–H and O–H groups in total. The fourth-order valence-electron chi connectivity index (χ4n) is 1.90. The van der Waals surface area contributed by atoms with Crippen molar-refractivity contribution in [2.24, 2.45) is 5.92 Å². The van der Waals surface area contributed by atoms with E-state index in [1.807, 2.05) is 0 Å². The number of benzene rings is 1. The fourth-order valence-corrected chi connectivity index (χ4v) is 1.90. The van der Waals surface area contributed by atoms with Gasteiger partial charge in [-0.3, -0.25) is 19.7 Å². The summed E-state index contributed by atoms with van der Waals surface area (Å²) in [5, 5.41) is 37.2. The summed E-state index contributed by atoms with van der Waals surface area (Å²) in [6, 6.07) is 0.818. The minimum Gasteiger partial charge on any atom is -0.508 e. The van der Waals surface area contributed by atoms with Gasteiger partial charge in [-0.2, -0.15) is 0 Å². The Labute approximate surface area is 115 Å². The molecule has 1 rings (SSSR count). The summed E-state index contributed by atoms with van der Waals surface area (Å²) < 4.78 is 27.4. The number of aliphatic carboxylic acids is 2. The number of rotatable bonds is 6. The number of carbonyl (C=O) groups is 2. The van der Waals surface area contributed by atoms with Gasteiger partial charge in [-0.1, -0.05) is 0 Å². The van der Waals surface area contributed by atoms with E-state index in [1.165, 1.54) is 0 Å². The first-order chi connectivity index (χ1) is 9.65. The molecular formula is C11H9F2NO7. The summed E-state index contributed by atoms with van der Waals surface area (Å²) >= 11 is 0. The average molecular weight is 305 g/mol. The van der Waals surface area contributed by atoms with Gasteiger partial charge in [0, 0.05) is 22.6 Å². The summed E-state index contributed by atoms with van der Waals surface area (Å²) in [5.41, 5.74) is -1.07. The molecule has 0 fully saturated rings. The fraction of sp³-hybridized carbons (Fsp3) is 0.273. The quantitative estimate of drug-likeness (QED) is 0.401. The van der Waals surface area contributed by atoms with E-state index in [9.17, 15) is 28.5 Å². The van der Waals surface area contributed by atoms with Crippen LogP contribution in [0.3, 0.4) is 0 Å². The molecule has 21 heavy (non-hydrogen) atoms. The van der Waals surface area contributed by atoms with E-state index in [-0.39, 0.29) is 0 Å². The van der Waals surface area contributed by atoms with Gasteiger partial charge in [0.15, 0.2) is 5.92 Å². The van der Waals surface area contributed by atoms with Crippen LogP contribution in [0, 0.1) is 27.7 Å². The van der Waals surface area contributed by atoms with Crippen molar-refractivity contribution in [1.29, 1.82) is 0 Å². The molecule has 0 aliphatic carbocycles. The maximum absolute atomic E-state index is 13.7. The Kier molecular flexibility index (Phi) is 4.74. The van der Waals surface area contributed by atoms with Gasteiger partial charge in [0.2, 0.25) is 6.54 Å². The lowest BCUT2D eigenvalue weighted by molar-refractivity contribution is -0.484. The van der Waals surface area contributed by atoms with E-state index in [1.54, 1.807) is 0 Å². The summed E-state index contributed by atoms with van der Waals surface area (Å²) in [6.45, 7) is -1.30. The Hall–Kier alpha value is -2.78. The van der Waals surface area contributed by atoms with Crippen molar-refractivity contribution in [1.82, 2.24) is 0 Å². The Morgan fingerprint density at radius 2 is 1.62 bits per heavy atom. The third-order valence-corrected chi connectivity index (χ3v) is 2.71. The zero-order chi connectivity index (χ0) is 16.3. The zero-order valence-corrected chi connectivity index (χ0v) is 10.2. The number of nitro groups is 1. The molecule has 0 spiro atoms. The van der Waals surface area contributed by atoms with Crippen molar-refractivity contribution < 1.29 is 38.6 Å². The lowest BCUT2D eigenvalue weighted by Gasteiger charge is -2.19. The van der Waals surface area contributed by atoms with E-state index < -0.39 is 58.2 Å². The predicted octanol–water partition coefficient (Wildman–Crippen LogP) is 0.816. The average Bonchev–Trinajstić information content (AvgIpc) is 2.24. The molecule has 0 amide bonds. The zero-order valence-electron chi connectivity index (χ0n) is 10.2. The molecule has 0 heterocycles. The smallest absolute Gasteiger partial charge is 0.318 e. The highest BCUT2D eigenvalue weighted by molar-refractivity contribution is 5.94. The number of carboxylic acids is 2. The van der Waals surface area contributed by atoms with Crippen LogP contribution >= 0.6 is 0 Å². The first-order valence-electron chi connectivity index (χ1n) is 5.40. The monoisotopic (exact) mass is 305 g/mol. The molecule has 1 aromatic carbocycles. The Bertz CT molecular complexity index is 567. The highest BCUT2D eigenvalue weighted by Gasteiger charge is 2.42. The molecule has 8 nitrogen and oxygen atoms in total. The van der Waals surface area contributed by atoms with Gasteiger partial charge in [0.25, 0.3) is 0 Å². The minimum atomic E-state index is -2.41. The van der Waals surface area contributed by atoms with Crippen molar-refractivity contribution >= 4 is 11.9 Å². The number of phenols is 1. The second-order valence-electron chi connectivity index (χ2n) is 4.10. The largest absolute Gasteiger partial charge is 0.508 e. The van der Waals surface area contributed by atoms with E-state index >= 15 is 0 Å². The van der Waals surface area contributed by atoms with Gasteiger partial charge in [-0.15, -0.1) is 0 Å². The number of aromatic hydroxyl groups is 1. The first-order valence-corrected chi connectivity index (χ1v) is 5.40. The Balaban J connectivity index is 3.48. The molecular weight excluding hydrogens is 296 g/mol. The topological polar surface area (TPSA) is 138 Å².